The first-order valence-electron chi connectivity index (χ1n) is 5.34. The van der Waals surface area contributed by atoms with E-state index in [0.717, 1.165) is 0 Å². The highest BCUT2D eigenvalue weighted by molar-refractivity contribution is 5.93. The molecule has 0 aliphatic carbocycles. The largest absolute Gasteiger partial charge is 0.366 e. The van der Waals surface area contributed by atoms with Crippen LogP contribution in [-0.4, -0.2) is 24.8 Å². The molecule has 1 unspecified atom stereocenters. The standard InChI is InChI=1S/C13H18N2/c1-13(2)11(14-12(13)15(3)4)10-8-6-5-7-9-10/h5-9,11H,1-4H3. The molecule has 0 spiro atoms. The Hall–Kier alpha value is -1.31. The molecule has 1 aliphatic heterocycles. The van der Waals surface area contributed by atoms with Crippen molar-refractivity contribution in [2.75, 3.05) is 14.1 Å². The van der Waals surface area contributed by atoms with Gasteiger partial charge in [0.15, 0.2) is 0 Å². The van der Waals surface area contributed by atoms with Crippen LogP contribution in [0.25, 0.3) is 0 Å². The number of hydrogen-bond donors (Lipinski definition) is 0. The van der Waals surface area contributed by atoms with E-state index in [1.54, 1.807) is 0 Å². The fraction of sp³-hybridized carbons (Fsp3) is 0.462. The Bertz CT molecular complexity index is 377. The first kappa shape index (κ1) is 10.2. The molecular formula is C13H18N2. The second-order valence-corrected chi connectivity index (χ2v) is 4.88. The zero-order chi connectivity index (χ0) is 11.1. The Balaban J connectivity index is 2.30. The van der Waals surface area contributed by atoms with Gasteiger partial charge in [0, 0.05) is 19.5 Å². The van der Waals surface area contributed by atoms with Crippen molar-refractivity contribution in [3.63, 3.8) is 0 Å². The van der Waals surface area contributed by atoms with Crippen molar-refractivity contribution in [3.8, 4) is 0 Å². The lowest BCUT2D eigenvalue weighted by Gasteiger charge is -2.45. The highest BCUT2D eigenvalue weighted by atomic mass is 15.2. The Kier molecular flexibility index (Phi) is 2.29. The zero-order valence-corrected chi connectivity index (χ0v) is 9.86. The van der Waals surface area contributed by atoms with Crippen LogP contribution in [0.1, 0.15) is 25.5 Å². The smallest absolute Gasteiger partial charge is 0.107 e. The lowest BCUT2D eigenvalue weighted by Crippen LogP contribution is -2.47. The molecular weight excluding hydrogens is 184 g/mol. The van der Waals surface area contributed by atoms with E-state index < -0.39 is 0 Å². The van der Waals surface area contributed by atoms with E-state index in [9.17, 15) is 0 Å². The summed E-state index contributed by atoms with van der Waals surface area (Å²) in [5, 5.41) is 0. The summed E-state index contributed by atoms with van der Waals surface area (Å²) in [6.45, 7) is 4.51. The zero-order valence-electron chi connectivity index (χ0n) is 9.86. The minimum atomic E-state index is 0.158. The summed E-state index contributed by atoms with van der Waals surface area (Å²) >= 11 is 0. The maximum Gasteiger partial charge on any atom is 0.107 e. The third-order valence-corrected chi connectivity index (χ3v) is 3.05. The average molecular weight is 202 g/mol. The second kappa shape index (κ2) is 3.37. The van der Waals surface area contributed by atoms with Crippen molar-refractivity contribution in [2.45, 2.75) is 19.9 Å². The van der Waals surface area contributed by atoms with Crippen molar-refractivity contribution in [1.82, 2.24) is 4.90 Å². The highest BCUT2D eigenvalue weighted by Gasteiger charge is 2.44. The molecule has 2 rings (SSSR count). The van der Waals surface area contributed by atoms with E-state index in [-0.39, 0.29) is 5.41 Å². The van der Waals surface area contributed by atoms with Gasteiger partial charge in [-0.3, -0.25) is 4.99 Å². The van der Waals surface area contributed by atoms with Crippen LogP contribution in [0.15, 0.2) is 35.3 Å². The fourth-order valence-corrected chi connectivity index (χ4v) is 2.32. The Morgan fingerprint density at radius 3 is 2.20 bits per heavy atom. The number of nitrogens with zero attached hydrogens (tertiary/aromatic N) is 2. The minimum absolute atomic E-state index is 0.158. The molecule has 0 amide bonds. The maximum atomic E-state index is 4.69. The molecule has 2 heteroatoms. The monoisotopic (exact) mass is 202 g/mol. The van der Waals surface area contributed by atoms with Gasteiger partial charge in [-0.1, -0.05) is 44.2 Å². The lowest BCUT2D eigenvalue weighted by atomic mass is 9.74. The number of hydrogen-bond acceptors (Lipinski definition) is 2. The molecule has 1 aliphatic rings. The van der Waals surface area contributed by atoms with Crippen LogP contribution in [-0.2, 0) is 0 Å². The number of benzene rings is 1. The van der Waals surface area contributed by atoms with Gasteiger partial charge >= 0.3 is 0 Å². The summed E-state index contributed by atoms with van der Waals surface area (Å²) < 4.78 is 0. The van der Waals surface area contributed by atoms with E-state index >= 15 is 0 Å². The van der Waals surface area contributed by atoms with Gasteiger partial charge in [-0.15, -0.1) is 0 Å². The van der Waals surface area contributed by atoms with Crippen molar-refractivity contribution in [3.05, 3.63) is 35.9 Å². The quantitative estimate of drug-likeness (QED) is 0.683. The predicted molar refractivity (Wildman–Crippen MR) is 64.1 cm³/mol. The summed E-state index contributed by atoms with van der Waals surface area (Å²) in [4.78, 5) is 6.80. The molecule has 0 radical (unpaired) electrons. The van der Waals surface area contributed by atoms with Gasteiger partial charge < -0.3 is 4.90 Å². The van der Waals surface area contributed by atoms with Crippen LogP contribution in [0.3, 0.4) is 0 Å². The molecule has 1 aromatic carbocycles. The molecule has 0 bridgehead atoms. The highest BCUT2D eigenvalue weighted by Crippen LogP contribution is 2.46. The van der Waals surface area contributed by atoms with Crippen LogP contribution in [0.5, 0.6) is 0 Å². The summed E-state index contributed by atoms with van der Waals surface area (Å²) in [5.74, 6) is 1.19. The van der Waals surface area contributed by atoms with Gasteiger partial charge in [-0.2, -0.15) is 0 Å². The predicted octanol–water partition coefficient (Wildman–Crippen LogP) is 2.73. The van der Waals surface area contributed by atoms with Gasteiger partial charge in [0.05, 0.1) is 6.04 Å². The molecule has 15 heavy (non-hydrogen) atoms. The molecule has 80 valence electrons. The molecule has 1 heterocycles. The molecule has 2 nitrogen and oxygen atoms in total. The Morgan fingerprint density at radius 1 is 1.13 bits per heavy atom. The fourth-order valence-electron chi connectivity index (χ4n) is 2.32. The Labute approximate surface area is 91.6 Å². The SMILES string of the molecule is CN(C)C1=NC(c2ccccc2)C1(C)C. The molecule has 0 saturated carbocycles. The van der Waals surface area contributed by atoms with Crippen molar-refractivity contribution < 1.29 is 0 Å². The van der Waals surface area contributed by atoms with Crippen LogP contribution in [0, 0.1) is 5.41 Å². The summed E-state index contributed by atoms with van der Waals surface area (Å²) in [6.07, 6.45) is 0. The van der Waals surface area contributed by atoms with Crippen molar-refractivity contribution in [1.29, 1.82) is 0 Å². The first-order chi connectivity index (χ1) is 7.03. The topological polar surface area (TPSA) is 15.6 Å². The van der Waals surface area contributed by atoms with E-state index in [0.29, 0.717) is 6.04 Å². The summed E-state index contributed by atoms with van der Waals surface area (Å²) in [7, 11) is 4.11. The van der Waals surface area contributed by atoms with Gasteiger partial charge in [0.2, 0.25) is 0 Å². The van der Waals surface area contributed by atoms with Crippen molar-refractivity contribution in [2.24, 2.45) is 10.4 Å². The number of aliphatic imine (C=N–C) groups is 1. The number of amidine groups is 1. The first-order valence-corrected chi connectivity index (χ1v) is 5.34. The van der Waals surface area contributed by atoms with Gasteiger partial charge in [0.25, 0.3) is 0 Å². The molecule has 0 N–H and O–H groups in total. The summed E-state index contributed by atoms with van der Waals surface area (Å²) in [6, 6.07) is 10.8. The lowest BCUT2D eigenvalue weighted by molar-refractivity contribution is 0.312. The minimum Gasteiger partial charge on any atom is -0.366 e. The van der Waals surface area contributed by atoms with Gasteiger partial charge in [-0.05, 0) is 5.56 Å². The van der Waals surface area contributed by atoms with E-state index in [2.05, 4.69) is 62.1 Å². The normalized spacial score (nSPS) is 22.9. The van der Waals surface area contributed by atoms with Crippen LogP contribution in [0.2, 0.25) is 0 Å². The molecule has 0 aromatic heterocycles. The Morgan fingerprint density at radius 2 is 1.73 bits per heavy atom. The molecule has 0 fully saturated rings. The van der Waals surface area contributed by atoms with Crippen LogP contribution >= 0.6 is 0 Å². The molecule has 1 aromatic rings. The van der Waals surface area contributed by atoms with E-state index in [4.69, 9.17) is 0 Å². The number of rotatable bonds is 1. The second-order valence-electron chi connectivity index (χ2n) is 4.88. The maximum absolute atomic E-state index is 4.69. The molecule has 0 saturated heterocycles. The summed E-state index contributed by atoms with van der Waals surface area (Å²) in [5.41, 5.74) is 1.47. The van der Waals surface area contributed by atoms with Crippen LogP contribution in [0.4, 0.5) is 0 Å². The third-order valence-electron chi connectivity index (χ3n) is 3.05. The third kappa shape index (κ3) is 1.54. The molecule has 1 atom stereocenters. The van der Waals surface area contributed by atoms with E-state index in [1.165, 1.54) is 11.4 Å². The van der Waals surface area contributed by atoms with Crippen molar-refractivity contribution >= 4 is 5.84 Å². The average Bonchev–Trinajstić information content (AvgIpc) is 2.17. The van der Waals surface area contributed by atoms with Gasteiger partial charge in [0.1, 0.15) is 5.84 Å². The van der Waals surface area contributed by atoms with Gasteiger partial charge in [-0.25, -0.2) is 0 Å². The van der Waals surface area contributed by atoms with Crippen LogP contribution < -0.4 is 0 Å². The van der Waals surface area contributed by atoms with E-state index in [1.807, 2.05) is 6.07 Å².